The largest absolute Gasteiger partial charge is 0.478 e. The predicted molar refractivity (Wildman–Crippen MR) is 74.5 cm³/mol. The zero-order valence-electron chi connectivity index (χ0n) is 9.87. The van der Waals surface area contributed by atoms with E-state index in [9.17, 15) is 14.9 Å². The Hall–Kier alpha value is -2.19. The van der Waals surface area contributed by atoms with Crippen LogP contribution in [-0.2, 0) is 6.54 Å². The van der Waals surface area contributed by atoms with Crippen LogP contribution in [0.5, 0.6) is 0 Å². The number of carboxylic acid groups (broad SMARTS) is 1. The molecule has 0 saturated carbocycles. The fraction of sp³-hybridized carbons (Fsp3) is 0.0909. The molecule has 0 aliphatic heterocycles. The highest BCUT2D eigenvalue weighted by Gasteiger charge is 2.15. The topological polar surface area (TPSA) is 105 Å². The maximum absolute atomic E-state index is 11.1. The lowest BCUT2D eigenvalue weighted by Crippen LogP contribution is -2.06. The molecule has 0 bridgehead atoms. The third-order valence-corrected chi connectivity index (χ3v) is 3.54. The molecule has 0 aliphatic carbocycles. The molecule has 0 fully saturated rings. The van der Waals surface area contributed by atoms with Crippen molar-refractivity contribution in [3.63, 3.8) is 0 Å². The van der Waals surface area contributed by atoms with Gasteiger partial charge in [-0.15, -0.1) is 11.3 Å². The van der Waals surface area contributed by atoms with Crippen LogP contribution in [-0.4, -0.2) is 21.0 Å². The number of nitro groups is 1. The number of non-ortho nitro benzene ring substituents is 1. The van der Waals surface area contributed by atoms with Crippen molar-refractivity contribution >= 4 is 40.3 Å². The Kier molecular flexibility index (Phi) is 4.16. The van der Waals surface area contributed by atoms with E-state index >= 15 is 0 Å². The van der Waals surface area contributed by atoms with E-state index in [0.717, 1.165) is 10.9 Å². The number of carbonyl (C=O) groups is 1. The SMILES string of the molecule is O=C(O)c1ccc([N+](=O)[O-])cc1NCc1cnc(Cl)s1. The highest BCUT2D eigenvalue weighted by Crippen LogP contribution is 2.24. The maximum Gasteiger partial charge on any atom is 0.337 e. The Morgan fingerprint density at radius 3 is 2.85 bits per heavy atom. The number of thiazole rings is 1. The summed E-state index contributed by atoms with van der Waals surface area (Å²) in [6.07, 6.45) is 1.55. The van der Waals surface area contributed by atoms with Crippen molar-refractivity contribution in [2.24, 2.45) is 0 Å². The molecule has 1 heterocycles. The first-order valence-electron chi connectivity index (χ1n) is 5.33. The second-order valence-corrected chi connectivity index (χ2v) is 5.42. The van der Waals surface area contributed by atoms with Crippen LogP contribution in [0, 0.1) is 10.1 Å². The first kappa shape index (κ1) is 14.2. The van der Waals surface area contributed by atoms with Gasteiger partial charge in [-0.2, -0.15) is 0 Å². The summed E-state index contributed by atoms with van der Waals surface area (Å²) < 4.78 is 0.374. The minimum atomic E-state index is -1.16. The number of rotatable bonds is 5. The summed E-state index contributed by atoms with van der Waals surface area (Å²) in [7, 11) is 0. The Labute approximate surface area is 122 Å². The number of aromatic carboxylic acids is 1. The number of anilines is 1. The van der Waals surface area contributed by atoms with Gasteiger partial charge in [0.2, 0.25) is 0 Å². The lowest BCUT2D eigenvalue weighted by atomic mass is 10.1. The van der Waals surface area contributed by atoms with Crippen molar-refractivity contribution in [1.29, 1.82) is 0 Å². The monoisotopic (exact) mass is 313 g/mol. The van der Waals surface area contributed by atoms with Gasteiger partial charge in [-0.3, -0.25) is 10.1 Å². The van der Waals surface area contributed by atoms with Crippen LogP contribution in [0.4, 0.5) is 11.4 Å². The van der Waals surface area contributed by atoms with Gasteiger partial charge in [-0.05, 0) is 6.07 Å². The van der Waals surface area contributed by atoms with E-state index in [0.29, 0.717) is 4.47 Å². The second kappa shape index (κ2) is 5.85. The first-order valence-corrected chi connectivity index (χ1v) is 6.52. The van der Waals surface area contributed by atoms with E-state index in [-0.39, 0.29) is 23.5 Å². The van der Waals surface area contributed by atoms with E-state index in [1.165, 1.54) is 23.5 Å². The van der Waals surface area contributed by atoms with Gasteiger partial charge in [0.1, 0.15) is 0 Å². The third-order valence-electron chi connectivity index (χ3n) is 2.42. The normalized spacial score (nSPS) is 10.2. The summed E-state index contributed by atoms with van der Waals surface area (Å²) in [5, 5.41) is 22.6. The van der Waals surface area contributed by atoms with E-state index in [1.54, 1.807) is 6.20 Å². The molecule has 1 aromatic heterocycles. The highest BCUT2D eigenvalue weighted by atomic mass is 35.5. The molecule has 9 heteroatoms. The average Bonchev–Trinajstić information content (AvgIpc) is 2.81. The molecule has 0 aliphatic rings. The van der Waals surface area contributed by atoms with E-state index in [2.05, 4.69) is 10.3 Å². The van der Waals surface area contributed by atoms with Gasteiger partial charge >= 0.3 is 5.97 Å². The molecule has 104 valence electrons. The fourth-order valence-electron chi connectivity index (χ4n) is 1.53. The lowest BCUT2D eigenvalue weighted by molar-refractivity contribution is -0.384. The fourth-order valence-corrected chi connectivity index (χ4v) is 2.44. The average molecular weight is 314 g/mol. The molecule has 0 spiro atoms. The van der Waals surface area contributed by atoms with Crippen molar-refractivity contribution in [2.75, 3.05) is 5.32 Å². The number of carboxylic acids is 1. The highest BCUT2D eigenvalue weighted by molar-refractivity contribution is 7.15. The number of hydrogen-bond acceptors (Lipinski definition) is 6. The number of halogens is 1. The van der Waals surface area contributed by atoms with Gasteiger partial charge in [0.15, 0.2) is 4.47 Å². The van der Waals surface area contributed by atoms with Crippen LogP contribution in [0.15, 0.2) is 24.4 Å². The molecule has 0 atom stereocenters. The van der Waals surface area contributed by atoms with Gasteiger partial charge in [0, 0.05) is 23.2 Å². The Morgan fingerprint density at radius 2 is 2.30 bits per heavy atom. The smallest absolute Gasteiger partial charge is 0.337 e. The molecule has 0 saturated heterocycles. The van der Waals surface area contributed by atoms with Crippen LogP contribution in [0.2, 0.25) is 4.47 Å². The van der Waals surface area contributed by atoms with Crippen LogP contribution >= 0.6 is 22.9 Å². The molecule has 1 aromatic carbocycles. The molecule has 20 heavy (non-hydrogen) atoms. The van der Waals surface area contributed by atoms with Gasteiger partial charge in [0.25, 0.3) is 5.69 Å². The lowest BCUT2D eigenvalue weighted by Gasteiger charge is -2.08. The predicted octanol–water partition coefficient (Wildman–Crippen LogP) is 3.02. The molecule has 2 N–H and O–H groups in total. The number of hydrogen-bond donors (Lipinski definition) is 2. The van der Waals surface area contributed by atoms with Gasteiger partial charge < -0.3 is 10.4 Å². The summed E-state index contributed by atoms with van der Waals surface area (Å²) in [4.78, 5) is 25.9. The number of nitrogens with one attached hydrogen (secondary N) is 1. The Bertz CT molecular complexity index is 673. The summed E-state index contributed by atoms with van der Waals surface area (Å²) in [6.45, 7) is 0.284. The standard InChI is InChI=1S/C11H8ClN3O4S/c12-11-14-5-7(20-11)4-13-9-3-6(15(18)19)1-2-8(9)10(16)17/h1-3,5,13H,4H2,(H,16,17). The van der Waals surface area contributed by atoms with Crippen molar-refractivity contribution < 1.29 is 14.8 Å². The van der Waals surface area contributed by atoms with E-state index < -0.39 is 10.9 Å². The molecular formula is C11H8ClN3O4S. The quantitative estimate of drug-likeness (QED) is 0.649. The molecule has 2 aromatic rings. The van der Waals surface area contributed by atoms with Crippen LogP contribution in [0.25, 0.3) is 0 Å². The van der Waals surface area contributed by atoms with Crippen LogP contribution in [0.3, 0.4) is 0 Å². The van der Waals surface area contributed by atoms with Gasteiger partial charge in [0.05, 0.1) is 22.7 Å². The molecule has 0 unspecified atom stereocenters. The van der Waals surface area contributed by atoms with Gasteiger partial charge in [-0.1, -0.05) is 11.6 Å². The van der Waals surface area contributed by atoms with Gasteiger partial charge in [-0.25, -0.2) is 9.78 Å². The van der Waals surface area contributed by atoms with E-state index in [4.69, 9.17) is 16.7 Å². The summed E-state index contributed by atoms with van der Waals surface area (Å²) in [5.74, 6) is -1.16. The van der Waals surface area contributed by atoms with Crippen LogP contribution < -0.4 is 5.32 Å². The van der Waals surface area contributed by atoms with Crippen molar-refractivity contribution in [3.8, 4) is 0 Å². The molecule has 2 rings (SSSR count). The van der Waals surface area contributed by atoms with Crippen molar-refractivity contribution in [1.82, 2.24) is 4.98 Å². The Balaban J connectivity index is 2.25. The number of benzene rings is 1. The molecule has 7 nitrogen and oxygen atoms in total. The summed E-state index contributed by atoms with van der Waals surface area (Å²) >= 11 is 6.93. The second-order valence-electron chi connectivity index (χ2n) is 3.73. The number of nitrogens with zero attached hydrogens (tertiary/aromatic N) is 2. The summed E-state index contributed by atoms with van der Waals surface area (Å²) in [5.41, 5.74) is -0.0396. The van der Waals surface area contributed by atoms with Crippen molar-refractivity contribution in [2.45, 2.75) is 6.54 Å². The molecule has 0 amide bonds. The third kappa shape index (κ3) is 3.22. The van der Waals surface area contributed by atoms with E-state index in [1.807, 2.05) is 0 Å². The van der Waals surface area contributed by atoms with Crippen molar-refractivity contribution in [3.05, 3.63) is 49.4 Å². The minimum Gasteiger partial charge on any atom is -0.478 e. The number of nitro benzene ring substituents is 1. The molecular weight excluding hydrogens is 306 g/mol. The maximum atomic E-state index is 11.1. The molecule has 0 radical (unpaired) electrons. The Morgan fingerprint density at radius 1 is 1.55 bits per heavy atom. The summed E-state index contributed by atoms with van der Waals surface area (Å²) in [6, 6.07) is 3.53. The number of aromatic nitrogens is 1. The zero-order valence-corrected chi connectivity index (χ0v) is 11.4. The first-order chi connectivity index (χ1) is 9.47. The van der Waals surface area contributed by atoms with Crippen LogP contribution in [0.1, 0.15) is 15.2 Å². The minimum absolute atomic E-state index is 0.0359. The zero-order chi connectivity index (χ0) is 14.7.